The van der Waals surface area contributed by atoms with Gasteiger partial charge in [0.25, 0.3) is 0 Å². The molecule has 2 amide bonds. The fraction of sp³-hybridized carbons (Fsp3) is 0. The Kier molecular flexibility index (Phi) is 5.25. The molecule has 70 valence electrons. The molecule has 0 unspecified atom stereocenters. The maximum atomic E-state index is 9.00. The average Bonchev–Trinajstić information content (AvgIpc) is 2.05. The molecule has 0 atom stereocenters. The van der Waals surface area contributed by atoms with Crippen LogP contribution >= 0.6 is 0 Å². The van der Waals surface area contributed by atoms with Crippen molar-refractivity contribution in [2.24, 2.45) is 11.5 Å². The zero-order valence-electron chi connectivity index (χ0n) is 6.79. The lowest BCUT2D eigenvalue weighted by atomic mass is 9.82. The number of urea groups is 1. The molecule has 1 aromatic heterocycles. The van der Waals surface area contributed by atoms with Gasteiger partial charge in [0.05, 0.1) is 0 Å². The van der Waals surface area contributed by atoms with E-state index in [-0.39, 0.29) is 0 Å². The smallest absolute Gasteiger partial charge is 0.423 e. The molecule has 1 aromatic rings. The van der Waals surface area contributed by atoms with E-state index in [0.29, 0.717) is 5.46 Å². The van der Waals surface area contributed by atoms with E-state index >= 15 is 0 Å². The third-order valence-corrected chi connectivity index (χ3v) is 0.983. The third-order valence-electron chi connectivity index (χ3n) is 0.983. The number of rotatable bonds is 1. The second-order valence-corrected chi connectivity index (χ2v) is 2.06. The SMILES string of the molecule is NC(N)=O.OB(O)c1cccnc1. The molecule has 6 nitrogen and oxygen atoms in total. The molecule has 0 saturated carbocycles. The van der Waals surface area contributed by atoms with Crippen LogP contribution in [0.2, 0.25) is 0 Å². The van der Waals surface area contributed by atoms with Crippen LogP contribution in [0.3, 0.4) is 0 Å². The molecule has 6 N–H and O–H groups in total. The maximum Gasteiger partial charge on any atom is 0.490 e. The minimum absolute atomic E-state index is 0.414. The minimum Gasteiger partial charge on any atom is -0.423 e. The molecule has 0 aliphatic heterocycles. The molecule has 0 fully saturated rings. The summed E-state index contributed by atoms with van der Waals surface area (Å²) in [5.41, 5.74) is 8.91. The van der Waals surface area contributed by atoms with Crippen LogP contribution in [0, 0.1) is 0 Å². The third kappa shape index (κ3) is 6.79. The van der Waals surface area contributed by atoms with Gasteiger partial charge >= 0.3 is 13.1 Å². The topological polar surface area (TPSA) is 122 Å². The summed E-state index contributed by atoms with van der Waals surface area (Å²) in [6, 6.07) is 2.41. The summed E-state index contributed by atoms with van der Waals surface area (Å²) in [6.45, 7) is 0. The summed E-state index contributed by atoms with van der Waals surface area (Å²) >= 11 is 0. The first-order valence-corrected chi connectivity index (χ1v) is 3.35. The molecular weight excluding hydrogens is 173 g/mol. The van der Waals surface area contributed by atoms with Gasteiger partial charge < -0.3 is 21.5 Å². The summed E-state index contributed by atoms with van der Waals surface area (Å²) in [7, 11) is -1.40. The Morgan fingerprint density at radius 2 is 2.00 bits per heavy atom. The number of carbonyl (C=O) groups is 1. The largest absolute Gasteiger partial charge is 0.490 e. The molecule has 0 aromatic carbocycles. The highest BCUT2D eigenvalue weighted by Gasteiger charge is 2.08. The van der Waals surface area contributed by atoms with Crippen LogP contribution in [0.5, 0.6) is 0 Å². The summed E-state index contributed by atoms with van der Waals surface area (Å²) in [5, 5.41) is 17.1. The van der Waals surface area contributed by atoms with Gasteiger partial charge in [0.1, 0.15) is 0 Å². The first-order chi connectivity index (χ1) is 6.04. The predicted octanol–water partition coefficient (Wildman–Crippen LogP) is -2.21. The van der Waals surface area contributed by atoms with Crippen molar-refractivity contribution >= 4 is 18.6 Å². The van der Waals surface area contributed by atoms with Crippen molar-refractivity contribution in [3.05, 3.63) is 24.5 Å². The van der Waals surface area contributed by atoms with E-state index in [1.807, 2.05) is 0 Å². The average molecular weight is 183 g/mol. The zero-order chi connectivity index (χ0) is 10.3. The van der Waals surface area contributed by atoms with E-state index in [9.17, 15) is 0 Å². The number of primary amides is 2. The fourth-order valence-electron chi connectivity index (χ4n) is 0.529. The lowest BCUT2D eigenvalue weighted by Crippen LogP contribution is -2.29. The second-order valence-electron chi connectivity index (χ2n) is 2.06. The fourth-order valence-corrected chi connectivity index (χ4v) is 0.529. The highest BCUT2D eigenvalue weighted by atomic mass is 16.4. The number of carbonyl (C=O) groups excluding carboxylic acids is 1. The van der Waals surface area contributed by atoms with Gasteiger partial charge in [-0.25, -0.2) is 4.79 Å². The molecule has 0 spiro atoms. The van der Waals surface area contributed by atoms with Crippen molar-refractivity contribution in [1.82, 2.24) is 4.98 Å². The van der Waals surface area contributed by atoms with Gasteiger partial charge in [-0.3, -0.25) is 4.98 Å². The number of hydrogen-bond donors (Lipinski definition) is 4. The summed E-state index contributed by atoms with van der Waals surface area (Å²) in [4.78, 5) is 12.7. The monoisotopic (exact) mass is 183 g/mol. The molecule has 7 heteroatoms. The van der Waals surface area contributed by atoms with E-state index in [1.165, 1.54) is 6.20 Å². The van der Waals surface area contributed by atoms with Crippen molar-refractivity contribution in [3.63, 3.8) is 0 Å². The van der Waals surface area contributed by atoms with Crippen molar-refractivity contribution in [2.45, 2.75) is 0 Å². The highest BCUT2D eigenvalue weighted by Crippen LogP contribution is 1.77. The van der Waals surface area contributed by atoms with E-state index in [2.05, 4.69) is 16.5 Å². The Hall–Kier alpha value is -1.60. The van der Waals surface area contributed by atoms with Gasteiger partial charge in [0, 0.05) is 17.9 Å². The molecule has 13 heavy (non-hydrogen) atoms. The Bertz CT molecular complexity index is 251. The first-order valence-electron chi connectivity index (χ1n) is 3.35. The van der Waals surface area contributed by atoms with E-state index in [1.54, 1.807) is 18.3 Å². The van der Waals surface area contributed by atoms with Crippen LogP contribution in [0.1, 0.15) is 0 Å². The van der Waals surface area contributed by atoms with E-state index in [4.69, 9.17) is 14.8 Å². The minimum atomic E-state index is -1.40. The van der Waals surface area contributed by atoms with Gasteiger partial charge in [-0.2, -0.15) is 0 Å². The Morgan fingerprint density at radius 3 is 2.23 bits per heavy atom. The molecule has 0 saturated heterocycles. The maximum absolute atomic E-state index is 9.00. The van der Waals surface area contributed by atoms with Crippen LogP contribution < -0.4 is 16.9 Å². The van der Waals surface area contributed by atoms with Gasteiger partial charge in [-0.15, -0.1) is 0 Å². The quantitative estimate of drug-likeness (QED) is 0.368. The molecular formula is C6H10BN3O3. The number of nitrogens with zero attached hydrogens (tertiary/aromatic N) is 1. The first kappa shape index (κ1) is 11.4. The van der Waals surface area contributed by atoms with Crippen LogP contribution in [0.4, 0.5) is 4.79 Å². The number of aromatic nitrogens is 1. The van der Waals surface area contributed by atoms with Gasteiger partial charge in [-0.1, -0.05) is 6.07 Å². The molecule has 0 radical (unpaired) electrons. The van der Waals surface area contributed by atoms with Crippen LogP contribution in [-0.4, -0.2) is 28.2 Å². The van der Waals surface area contributed by atoms with Crippen LogP contribution in [0.15, 0.2) is 24.5 Å². The summed E-state index contributed by atoms with van der Waals surface area (Å²) < 4.78 is 0. The van der Waals surface area contributed by atoms with Gasteiger partial charge in [-0.05, 0) is 6.07 Å². The second kappa shape index (κ2) is 5.98. The van der Waals surface area contributed by atoms with Crippen molar-refractivity contribution in [3.8, 4) is 0 Å². The van der Waals surface area contributed by atoms with Gasteiger partial charge in [0.15, 0.2) is 0 Å². The molecule has 1 heterocycles. The molecule has 0 bridgehead atoms. The Morgan fingerprint density at radius 1 is 1.46 bits per heavy atom. The number of hydrogen-bond acceptors (Lipinski definition) is 4. The zero-order valence-corrected chi connectivity index (χ0v) is 6.79. The van der Waals surface area contributed by atoms with Crippen molar-refractivity contribution in [1.29, 1.82) is 0 Å². The molecule has 0 aliphatic carbocycles. The van der Waals surface area contributed by atoms with Crippen molar-refractivity contribution < 1.29 is 14.8 Å². The number of amides is 2. The van der Waals surface area contributed by atoms with Gasteiger partial charge in [0.2, 0.25) is 0 Å². The summed E-state index contributed by atoms with van der Waals surface area (Å²) in [5.74, 6) is 0. The van der Waals surface area contributed by atoms with E-state index in [0.717, 1.165) is 0 Å². The molecule has 0 aliphatic rings. The standard InChI is InChI=1S/C5H6BNO2.CH4N2O/c8-6(9)5-2-1-3-7-4-5;2-1(3)4/h1-4,8-9H;(H4,2,3,4). The number of nitrogens with two attached hydrogens (primary N) is 2. The normalized spacial score (nSPS) is 8.15. The number of pyridine rings is 1. The Labute approximate surface area is 75.3 Å². The lowest BCUT2D eigenvalue weighted by Gasteiger charge is -1.93. The Balaban J connectivity index is 0.000000310. The van der Waals surface area contributed by atoms with E-state index < -0.39 is 13.1 Å². The summed E-state index contributed by atoms with van der Waals surface area (Å²) in [6.07, 6.45) is 2.98. The van der Waals surface area contributed by atoms with Crippen LogP contribution in [-0.2, 0) is 0 Å². The van der Waals surface area contributed by atoms with Crippen LogP contribution in [0.25, 0.3) is 0 Å². The molecule has 1 rings (SSSR count). The lowest BCUT2D eigenvalue weighted by molar-refractivity contribution is 0.256. The van der Waals surface area contributed by atoms with Crippen molar-refractivity contribution in [2.75, 3.05) is 0 Å². The predicted molar refractivity (Wildman–Crippen MR) is 47.8 cm³/mol. The highest BCUT2D eigenvalue weighted by molar-refractivity contribution is 6.58.